The summed E-state index contributed by atoms with van der Waals surface area (Å²) >= 11 is 0. The average molecular weight is 299 g/mol. The zero-order chi connectivity index (χ0) is 15.7. The van der Waals surface area contributed by atoms with E-state index in [2.05, 4.69) is 4.98 Å². The molecule has 112 valence electrons. The molecule has 0 spiro atoms. The van der Waals surface area contributed by atoms with Crippen molar-refractivity contribution in [3.63, 3.8) is 0 Å². The first-order valence-corrected chi connectivity index (χ1v) is 6.29. The van der Waals surface area contributed by atoms with Crippen LogP contribution in [0.2, 0.25) is 0 Å². The third-order valence-electron chi connectivity index (χ3n) is 3.40. The Morgan fingerprint density at radius 3 is 2.29 bits per heavy atom. The van der Waals surface area contributed by atoms with Crippen molar-refractivity contribution in [2.24, 2.45) is 0 Å². The summed E-state index contributed by atoms with van der Waals surface area (Å²) in [5, 5.41) is 10.7. The topological polar surface area (TPSA) is 33.1 Å². The van der Waals surface area contributed by atoms with Crippen LogP contribution in [0.4, 0.5) is 17.6 Å². The lowest BCUT2D eigenvalue weighted by Crippen LogP contribution is -2.31. The Morgan fingerprint density at radius 1 is 1.05 bits per heavy atom. The van der Waals surface area contributed by atoms with E-state index in [1.54, 1.807) is 0 Å². The van der Waals surface area contributed by atoms with Crippen molar-refractivity contribution in [1.82, 2.24) is 4.98 Å². The van der Waals surface area contributed by atoms with E-state index in [4.69, 9.17) is 0 Å². The van der Waals surface area contributed by atoms with Crippen LogP contribution in [0.5, 0.6) is 0 Å². The second kappa shape index (κ2) is 5.44. The molecule has 1 heterocycles. The van der Waals surface area contributed by atoms with E-state index in [9.17, 15) is 22.7 Å². The lowest BCUT2D eigenvalue weighted by Gasteiger charge is -2.30. The van der Waals surface area contributed by atoms with Crippen molar-refractivity contribution in [2.75, 3.05) is 0 Å². The van der Waals surface area contributed by atoms with Crippen molar-refractivity contribution in [2.45, 2.75) is 25.1 Å². The van der Waals surface area contributed by atoms with Crippen LogP contribution in [-0.4, -0.2) is 10.1 Å². The second-order valence-electron chi connectivity index (χ2n) is 4.61. The van der Waals surface area contributed by atoms with Gasteiger partial charge in [-0.05, 0) is 18.6 Å². The van der Waals surface area contributed by atoms with Gasteiger partial charge in [-0.1, -0.05) is 25.1 Å². The maximum atomic E-state index is 13.9. The minimum absolute atomic E-state index is 0.122. The summed E-state index contributed by atoms with van der Waals surface area (Å²) in [6.07, 6.45) is -2.86. The molecule has 0 bridgehead atoms. The number of halogens is 4. The molecule has 1 aromatic carbocycles. The molecule has 2 nitrogen and oxygen atoms in total. The minimum atomic E-state index is -4.66. The third kappa shape index (κ3) is 2.76. The average Bonchev–Trinajstić information content (AvgIpc) is 2.46. The highest BCUT2D eigenvalue weighted by molar-refractivity contribution is 5.41. The van der Waals surface area contributed by atoms with Gasteiger partial charge in [-0.3, -0.25) is 4.98 Å². The lowest BCUT2D eigenvalue weighted by molar-refractivity contribution is -0.140. The molecule has 0 amide bonds. The van der Waals surface area contributed by atoms with E-state index in [-0.39, 0.29) is 12.0 Å². The first-order valence-electron chi connectivity index (χ1n) is 6.29. The van der Waals surface area contributed by atoms with Crippen LogP contribution in [0.1, 0.15) is 30.0 Å². The molecule has 0 fully saturated rings. The normalized spacial score (nSPS) is 14.8. The molecule has 1 aromatic heterocycles. The van der Waals surface area contributed by atoms with Gasteiger partial charge in [0.15, 0.2) is 0 Å². The molecule has 0 aliphatic heterocycles. The molecule has 6 heteroatoms. The maximum Gasteiger partial charge on any atom is 0.416 e. The summed E-state index contributed by atoms with van der Waals surface area (Å²) in [5.74, 6) is -0.765. The first-order chi connectivity index (χ1) is 9.80. The highest BCUT2D eigenvalue weighted by atomic mass is 19.4. The third-order valence-corrected chi connectivity index (χ3v) is 3.40. The van der Waals surface area contributed by atoms with Crippen molar-refractivity contribution >= 4 is 0 Å². The molecule has 0 radical (unpaired) electrons. The molecule has 1 unspecified atom stereocenters. The standard InChI is InChI=1S/C15H13F4NO/c1-2-14(21,11-5-3-4-6-13(11)16)12-9-20-8-7-10(12)15(17,18)19/h3-9,21H,2H2,1H3. The summed E-state index contributed by atoms with van der Waals surface area (Å²) in [4.78, 5) is 3.65. The smallest absolute Gasteiger partial charge is 0.380 e. The van der Waals surface area contributed by atoms with Crippen LogP contribution in [0.3, 0.4) is 0 Å². The maximum absolute atomic E-state index is 13.9. The number of aliphatic hydroxyl groups is 1. The van der Waals surface area contributed by atoms with E-state index < -0.39 is 28.7 Å². The Hall–Kier alpha value is -1.95. The van der Waals surface area contributed by atoms with E-state index in [0.29, 0.717) is 0 Å². The van der Waals surface area contributed by atoms with Gasteiger partial charge in [0.05, 0.1) is 5.56 Å². The predicted octanol–water partition coefficient (Wildman–Crippen LogP) is 3.89. The number of benzene rings is 1. The summed E-state index contributed by atoms with van der Waals surface area (Å²) < 4.78 is 53.2. The molecule has 21 heavy (non-hydrogen) atoms. The Kier molecular flexibility index (Phi) is 4.00. The fraction of sp³-hybridized carbons (Fsp3) is 0.267. The summed E-state index contributed by atoms with van der Waals surface area (Å²) in [6, 6.07) is 6.01. The van der Waals surface area contributed by atoms with Gasteiger partial charge in [-0.15, -0.1) is 0 Å². The fourth-order valence-corrected chi connectivity index (χ4v) is 2.29. The fourth-order valence-electron chi connectivity index (χ4n) is 2.29. The van der Waals surface area contributed by atoms with Crippen LogP contribution in [0.15, 0.2) is 42.7 Å². The second-order valence-corrected chi connectivity index (χ2v) is 4.61. The van der Waals surface area contributed by atoms with E-state index in [0.717, 1.165) is 24.5 Å². The Labute approximate surface area is 119 Å². The van der Waals surface area contributed by atoms with E-state index in [1.807, 2.05) is 0 Å². The largest absolute Gasteiger partial charge is 0.416 e. The van der Waals surface area contributed by atoms with Crippen molar-refractivity contribution in [3.8, 4) is 0 Å². The van der Waals surface area contributed by atoms with Gasteiger partial charge in [0, 0.05) is 23.5 Å². The minimum Gasteiger partial charge on any atom is -0.380 e. The molecule has 2 rings (SSSR count). The van der Waals surface area contributed by atoms with E-state index in [1.165, 1.54) is 25.1 Å². The monoisotopic (exact) mass is 299 g/mol. The van der Waals surface area contributed by atoms with E-state index >= 15 is 0 Å². The number of hydrogen-bond acceptors (Lipinski definition) is 2. The summed E-state index contributed by atoms with van der Waals surface area (Å²) in [5.41, 5.74) is -3.77. The van der Waals surface area contributed by atoms with Crippen molar-refractivity contribution in [3.05, 3.63) is 65.2 Å². The molecular formula is C15H13F4NO. The zero-order valence-corrected chi connectivity index (χ0v) is 11.2. The van der Waals surface area contributed by atoms with Crippen molar-refractivity contribution in [1.29, 1.82) is 0 Å². The van der Waals surface area contributed by atoms with Gasteiger partial charge in [0.25, 0.3) is 0 Å². The van der Waals surface area contributed by atoms with Crippen molar-refractivity contribution < 1.29 is 22.7 Å². The molecule has 0 saturated heterocycles. The van der Waals surface area contributed by atoms with Gasteiger partial charge in [0.2, 0.25) is 0 Å². The van der Waals surface area contributed by atoms with Crippen LogP contribution in [0, 0.1) is 5.82 Å². The molecule has 0 aliphatic carbocycles. The van der Waals surface area contributed by atoms with Gasteiger partial charge < -0.3 is 5.11 Å². The molecule has 0 aliphatic rings. The van der Waals surface area contributed by atoms with Gasteiger partial charge >= 0.3 is 6.18 Å². The molecule has 1 N–H and O–H groups in total. The van der Waals surface area contributed by atoms with Crippen LogP contribution < -0.4 is 0 Å². The Bertz CT molecular complexity index is 642. The van der Waals surface area contributed by atoms with Gasteiger partial charge in [-0.2, -0.15) is 13.2 Å². The number of aromatic nitrogens is 1. The van der Waals surface area contributed by atoms with Crippen LogP contribution in [-0.2, 0) is 11.8 Å². The number of nitrogens with zero attached hydrogens (tertiary/aromatic N) is 1. The van der Waals surface area contributed by atoms with Crippen LogP contribution in [0.25, 0.3) is 0 Å². The zero-order valence-electron chi connectivity index (χ0n) is 11.2. The first kappa shape index (κ1) is 15.4. The predicted molar refractivity (Wildman–Crippen MR) is 68.9 cm³/mol. The Morgan fingerprint density at radius 2 is 1.71 bits per heavy atom. The number of pyridine rings is 1. The summed E-state index contributed by atoms with van der Waals surface area (Å²) in [6.45, 7) is 1.49. The summed E-state index contributed by atoms with van der Waals surface area (Å²) in [7, 11) is 0. The number of rotatable bonds is 3. The number of alkyl halides is 3. The van der Waals surface area contributed by atoms with Crippen LogP contribution >= 0.6 is 0 Å². The quantitative estimate of drug-likeness (QED) is 0.872. The highest BCUT2D eigenvalue weighted by Gasteiger charge is 2.42. The van der Waals surface area contributed by atoms with Gasteiger partial charge in [-0.25, -0.2) is 4.39 Å². The molecular weight excluding hydrogens is 286 g/mol. The highest BCUT2D eigenvalue weighted by Crippen LogP contribution is 2.41. The Balaban J connectivity index is 2.70. The lowest BCUT2D eigenvalue weighted by atomic mass is 9.82. The molecule has 1 atom stereocenters. The number of hydrogen-bond donors (Lipinski definition) is 1. The SMILES string of the molecule is CCC(O)(c1ccccc1F)c1cnccc1C(F)(F)F. The van der Waals surface area contributed by atoms with Gasteiger partial charge in [0.1, 0.15) is 11.4 Å². The molecule has 0 saturated carbocycles. The molecule has 2 aromatic rings.